The highest BCUT2D eigenvalue weighted by Gasteiger charge is 2.23. The number of anilines is 2. The van der Waals surface area contributed by atoms with Gasteiger partial charge in [0.15, 0.2) is 0 Å². The largest absolute Gasteiger partial charge is 0.377 e. The highest BCUT2D eigenvalue weighted by atomic mass is 15.1. The average molecular weight is 517 g/mol. The molecule has 0 aliphatic rings. The van der Waals surface area contributed by atoms with E-state index in [4.69, 9.17) is 0 Å². The van der Waals surface area contributed by atoms with E-state index in [0.717, 1.165) is 0 Å². The van der Waals surface area contributed by atoms with Gasteiger partial charge < -0.3 is 9.80 Å². The molecule has 0 aliphatic heterocycles. The molecule has 0 amide bonds. The van der Waals surface area contributed by atoms with Crippen molar-refractivity contribution < 1.29 is 0 Å². The Labute approximate surface area is 235 Å². The average Bonchev–Trinajstić information content (AvgIpc) is 2.98. The monoisotopic (exact) mass is 516 g/mol. The molecule has 7 aromatic rings. The normalized spacial score (nSPS) is 11.5. The number of rotatable bonds is 4. The molecule has 0 bridgehead atoms. The van der Waals surface area contributed by atoms with E-state index in [2.05, 4.69) is 159 Å². The topological polar surface area (TPSA) is 6.48 Å². The zero-order valence-corrected chi connectivity index (χ0v) is 23.4. The third-order valence-corrected chi connectivity index (χ3v) is 8.15. The fraction of sp³-hybridized carbons (Fsp3) is 0.105. The van der Waals surface area contributed by atoms with Crippen LogP contribution in [0.3, 0.4) is 0 Å². The van der Waals surface area contributed by atoms with Gasteiger partial charge in [-0.05, 0) is 38.4 Å². The van der Waals surface area contributed by atoms with Crippen molar-refractivity contribution in [1.29, 1.82) is 0 Å². The van der Waals surface area contributed by atoms with Gasteiger partial charge in [-0.25, -0.2) is 0 Å². The highest BCUT2D eigenvalue weighted by Crippen LogP contribution is 2.51. The maximum atomic E-state index is 2.31. The smallest absolute Gasteiger partial charge is 0.0521 e. The fourth-order valence-electron chi connectivity index (χ4n) is 6.66. The first kappa shape index (κ1) is 24.2. The molecule has 0 saturated carbocycles. The molecule has 7 aromatic carbocycles. The van der Waals surface area contributed by atoms with Crippen molar-refractivity contribution in [3.05, 3.63) is 121 Å². The lowest BCUT2D eigenvalue weighted by Gasteiger charge is -2.26. The molecule has 0 saturated heterocycles. The van der Waals surface area contributed by atoms with Crippen LogP contribution in [0.5, 0.6) is 0 Å². The van der Waals surface area contributed by atoms with E-state index in [0.29, 0.717) is 0 Å². The van der Waals surface area contributed by atoms with Gasteiger partial charge in [0.05, 0.1) is 11.4 Å². The van der Waals surface area contributed by atoms with Gasteiger partial charge in [0, 0.05) is 55.1 Å². The van der Waals surface area contributed by atoms with Gasteiger partial charge in [-0.3, -0.25) is 0 Å². The van der Waals surface area contributed by atoms with E-state index < -0.39 is 0 Å². The highest BCUT2D eigenvalue weighted by molar-refractivity contribution is 6.31. The summed E-state index contributed by atoms with van der Waals surface area (Å²) in [5.74, 6) is 0. The summed E-state index contributed by atoms with van der Waals surface area (Å²) >= 11 is 0. The SMILES string of the molecule is CN(C)c1c2ccccc2c(-c2c3ccccc3c(N(C)C)c3cccc(-c4ccccc4)c23)c2ccccc12. The molecular weight excluding hydrogens is 484 g/mol. The van der Waals surface area contributed by atoms with Crippen LogP contribution in [0.2, 0.25) is 0 Å². The minimum atomic E-state index is 1.23. The number of nitrogens with zero attached hydrogens (tertiary/aromatic N) is 2. The van der Waals surface area contributed by atoms with Gasteiger partial charge in [0.1, 0.15) is 0 Å². The van der Waals surface area contributed by atoms with Gasteiger partial charge >= 0.3 is 0 Å². The van der Waals surface area contributed by atoms with Crippen LogP contribution >= 0.6 is 0 Å². The Balaban J connectivity index is 1.82. The van der Waals surface area contributed by atoms with Crippen LogP contribution < -0.4 is 9.80 Å². The quantitative estimate of drug-likeness (QED) is 0.215. The molecule has 0 aliphatic carbocycles. The Bertz CT molecular complexity index is 2000. The Kier molecular flexibility index (Phi) is 5.71. The minimum absolute atomic E-state index is 1.23. The van der Waals surface area contributed by atoms with Crippen molar-refractivity contribution in [1.82, 2.24) is 0 Å². The zero-order chi connectivity index (χ0) is 27.4. The molecule has 0 aromatic heterocycles. The Morgan fingerprint density at radius 2 is 0.750 bits per heavy atom. The summed E-state index contributed by atoms with van der Waals surface area (Å²) in [6.07, 6.45) is 0. The molecule has 0 atom stereocenters. The Morgan fingerprint density at radius 1 is 0.350 bits per heavy atom. The van der Waals surface area contributed by atoms with Crippen LogP contribution in [0.15, 0.2) is 121 Å². The second kappa shape index (κ2) is 9.43. The van der Waals surface area contributed by atoms with Gasteiger partial charge in [-0.15, -0.1) is 0 Å². The van der Waals surface area contributed by atoms with E-state index in [1.165, 1.54) is 76.7 Å². The molecule has 0 spiro atoms. The second-order valence-electron chi connectivity index (χ2n) is 11.0. The molecule has 2 heteroatoms. The summed E-state index contributed by atoms with van der Waals surface area (Å²) in [6, 6.07) is 44.4. The zero-order valence-electron chi connectivity index (χ0n) is 23.4. The maximum absolute atomic E-state index is 2.31. The summed E-state index contributed by atoms with van der Waals surface area (Å²) in [4.78, 5) is 4.53. The summed E-state index contributed by atoms with van der Waals surface area (Å²) in [6.45, 7) is 0. The third-order valence-electron chi connectivity index (χ3n) is 8.15. The summed E-state index contributed by atoms with van der Waals surface area (Å²) in [5.41, 5.74) is 7.60. The van der Waals surface area contributed by atoms with Gasteiger partial charge in [-0.1, -0.05) is 121 Å². The first-order valence-electron chi connectivity index (χ1n) is 13.9. The van der Waals surface area contributed by atoms with Gasteiger partial charge in [0.25, 0.3) is 0 Å². The van der Waals surface area contributed by atoms with Gasteiger partial charge in [0.2, 0.25) is 0 Å². The van der Waals surface area contributed by atoms with Crippen molar-refractivity contribution in [3.8, 4) is 22.3 Å². The van der Waals surface area contributed by atoms with Crippen LogP contribution in [0, 0.1) is 0 Å². The number of fused-ring (bicyclic) bond motifs is 4. The summed E-state index contributed by atoms with van der Waals surface area (Å²) in [7, 11) is 8.62. The summed E-state index contributed by atoms with van der Waals surface area (Å²) < 4.78 is 0. The predicted octanol–water partition coefficient (Wildman–Crippen LogP) is 9.77. The first-order chi connectivity index (χ1) is 19.6. The van der Waals surface area contributed by atoms with E-state index in [-0.39, 0.29) is 0 Å². The fourth-order valence-corrected chi connectivity index (χ4v) is 6.66. The van der Waals surface area contributed by atoms with Crippen LogP contribution in [0.25, 0.3) is 65.3 Å². The van der Waals surface area contributed by atoms with Crippen LogP contribution in [-0.4, -0.2) is 28.2 Å². The lowest BCUT2D eigenvalue weighted by atomic mass is 9.82. The van der Waals surface area contributed by atoms with Crippen LogP contribution in [-0.2, 0) is 0 Å². The molecule has 0 heterocycles. The van der Waals surface area contributed by atoms with Gasteiger partial charge in [-0.2, -0.15) is 0 Å². The lowest BCUT2D eigenvalue weighted by molar-refractivity contribution is 1.15. The molecule has 40 heavy (non-hydrogen) atoms. The minimum Gasteiger partial charge on any atom is -0.377 e. The second-order valence-corrected chi connectivity index (χ2v) is 11.0. The molecular formula is C38H32N2. The van der Waals surface area contributed by atoms with Crippen molar-refractivity contribution in [2.75, 3.05) is 38.0 Å². The third kappa shape index (κ3) is 3.56. The number of hydrogen-bond donors (Lipinski definition) is 0. The molecule has 0 N–H and O–H groups in total. The summed E-state index contributed by atoms with van der Waals surface area (Å²) in [5, 5.41) is 10.2. The van der Waals surface area contributed by atoms with Crippen molar-refractivity contribution in [2.24, 2.45) is 0 Å². The predicted molar refractivity (Wildman–Crippen MR) is 176 cm³/mol. The molecule has 0 unspecified atom stereocenters. The van der Waals surface area contributed by atoms with E-state index in [1.807, 2.05) is 0 Å². The van der Waals surface area contributed by atoms with E-state index in [9.17, 15) is 0 Å². The number of benzene rings is 7. The van der Waals surface area contributed by atoms with Crippen molar-refractivity contribution in [2.45, 2.75) is 0 Å². The lowest BCUT2D eigenvalue weighted by Crippen LogP contribution is -2.11. The van der Waals surface area contributed by atoms with E-state index >= 15 is 0 Å². The Morgan fingerprint density at radius 3 is 1.25 bits per heavy atom. The van der Waals surface area contributed by atoms with Crippen LogP contribution in [0.1, 0.15) is 0 Å². The molecule has 194 valence electrons. The molecule has 0 fully saturated rings. The first-order valence-corrected chi connectivity index (χ1v) is 13.9. The van der Waals surface area contributed by atoms with Crippen LogP contribution in [0.4, 0.5) is 11.4 Å². The molecule has 2 nitrogen and oxygen atoms in total. The molecule has 7 rings (SSSR count). The van der Waals surface area contributed by atoms with E-state index in [1.54, 1.807) is 0 Å². The van der Waals surface area contributed by atoms with Crippen molar-refractivity contribution in [3.63, 3.8) is 0 Å². The van der Waals surface area contributed by atoms with Crippen molar-refractivity contribution >= 4 is 54.5 Å². The Hall–Kier alpha value is -4.82. The number of hydrogen-bond acceptors (Lipinski definition) is 2. The molecule has 0 radical (unpaired) electrons. The maximum Gasteiger partial charge on any atom is 0.0521 e. The standard InChI is InChI=1S/C38H32N2/c1-39(2)37-30-20-11-8-17-27(30)35(28-18-9-12-21-31(28)37)36-29-19-10-13-22-32(29)38(40(3)4)33-24-14-23-26(34(33)36)25-15-6-5-7-16-25/h5-24H,1-4H3.